The van der Waals surface area contributed by atoms with Crippen molar-refractivity contribution >= 4 is 0 Å². The van der Waals surface area contributed by atoms with Crippen molar-refractivity contribution in [2.45, 2.75) is 51.0 Å². The van der Waals surface area contributed by atoms with Gasteiger partial charge in [0.1, 0.15) is 0 Å². The maximum absolute atomic E-state index is 13.6. The zero-order chi connectivity index (χ0) is 13.8. The topological polar surface area (TPSA) is 20.2 Å². The Hall–Kier alpha value is -1.03. The van der Waals surface area contributed by atoms with Crippen molar-refractivity contribution in [2.24, 2.45) is 5.92 Å². The Bertz CT molecular complexity index is 426. The van der Waals surface area contributed by atoms with Gasteiger partial charge in [-0.05, 0) is 18.4 Å². The van der Waals surface area contributed by atoms with E-state index in [2.05, 4.69) is 0 Å². The third-order valence-electron chi connectivity index (χ3n) is 3.96. The van der Waals surface area contributed by atoms with Crippen LogP contribution in [0.3, 0.4) is 0 Å². The highest BCUT2D eigenvalue weighted by molar-refractivity contribution is 5.22. The molecule has 4 heteroatoms. The van der Waals surface area contributed by atoms with Crippen molar-refractivity contribution < 1.29 is 18.3 Å². The van der Waals surface area contributed by atoms with Crippen LogP contribution in [0.2, 0.25) is 0 Å². The Balaban J connectivity index is 2.06. The summed E-state index contributed by atoms with van der Waals surface area (Å²) < 4.78 is 39.5. The molecule has 0 aliphatic heterocycles. The molecule has 0 heterocycles. The highest BCUT2D eigenvalue weighted by Gasteiger charge is 2.22. The zero-order valence-corrected chi connectivity index (χ0v) is 10.8. The van der Waals surface area contributed by atoms with E-state index >= 15 is 0 Å². The number of hydrogen-bond acceptors (Lipinski definition) is 1. The van der Waals surface area contributed by atoms with E-state index in [9.17, 15) is 18.3 Å². The van der Waals surface area contributed by atoms with Crippen LogP contribution in [-0.4, -0.2) is 5.11 Å². The first-order valence-electron chi connectivity index (χ1n) is 6.91. The summed E-state index contributed by atoms with van der Waals surface area (Å²) in [5, 5.41) is 10.0. The van der Waals surface area contributed by atoms with Gasteiger partial charge in [0, 0.05) is 5.56 Å². The van der Waals surface area contributed by atoms with Gasteiger partial charge >= 0.3 is 0 Å². The van der Waals surface area contributed by atoms with E-state index in [1.807, 2.05) is 0 Å². The summed E-state index contributed by atoms with van der Waals surface area (Å²) >= 11 is 0. The third-order valence-corrected chi connectivity index (χ3v) is 3.96. The van der Waals surface area contributed by atoms with Crippen LogP contribution in [0.25, 0.3) is 0 Å². The molecule has 0 aromatic heterocycles. The van der Waals surface area contributed by atoms with E-state index in [1.54, 1.807) is 0 Å². The smallest absolute Gasteiger partial charge is 0.194 e. The summed E-state index contributed by atoms with van der Waals surface area (Å²) in [7, 11) is 0. The summed E-state index contributed by atoms with van der Waals surface area (Å²) in [5.74, 6) is -3.65. The molecule has 1 unspecified atom stereocenters. The van der Waals surface area contributed by atoms with Crippen LogP contribution in [0.1, 0.15) is 56.6 Å². The lowest BCUT2D eigenvalue weighted by Crippen LogP contribution is -2.10. The average molecular weight is 272 g/mol. The van der Waals surface area contributed by atoms with E-state index in [0.29, 0.717) is 12.3 Å². The third kappa shape index (κ3) is 3.50. The Morgan fingerprint density at radius 1 is 1.00 bits per heavy atom. The van der Waals surface area contributed by atoms with Crippen LogP contribution in [0, 0.1) is 23.4 Å². The first kappa shape index (κ1) is 14.4. The van der Waals surface area contributed by atoms with Gasteiger partial charge < -0.3 is 5.11 Å². The largest absolute Gasteiger partial charge is 0.388 e. The number of rotatable bonds is 3. The van der Waals surface area contributed by atoms with Gasteiger partial charge in [-0.15, -0.1) is 0 Å². The van der Waals surface area contributed by atoms with Gasteiger partial charge in [0.2, 0.25) is 0 Å². The van der Waals surface area contributed by atoms with Crippen LogP contribution in [0.4, 0.5) is 13.2 Å². The van der Waals surface area contributed by atoms with Gasteiger partial charge in [-0.3, -0.25) is 0 Å². The molecule has 0 radical (unpaired) electrons. The fraction of sp³-hybridized carbons (Fsp3) is 0.600. The monoisotopic (exact) mass is 272 g/mol. The molecule has 1 aliphatic carbocycles. The molecular formula is C15H19F3O. The quantitative estimate of drug-likeness (QED) is 0.634. The zero-order valence-electron chi connectivity index (χ0n) is 10.8. The molecule has 0 spiro atoms. The number of hydrogen-bond donors (Lipinski definition) is 1. The second kappa shape index (κ2) is 6.42. The van der Waals surface area contributed by atoms with Gasteiger partial charge in [-0.1, -0.05) is 44.6 Å². The molecule has 106 valence electrons. The predicted molar refractivity (Wildman–Crippen MR) is 67.1 cm³/mol. The van der Waals surface area contributed by atoms with Gasteiger partial charge in [0.25, 0.3) is 0 Å². The van der Waals surface area contributed by atoms with E-state index < -0.39 is 23.6 Å². The summed E-state index contributed by atoms with van der Waals surface area (Å²) in [6.07, 6.45) is 6.04. The lowest BCUT2D eigenvalue weighted by molar-refractivity contribution is 0.134. The minimum atomic E-state index is -1.50. The normalized spacial score (nSPS) is 19.2. The van der Waals surface area contributed by atoms with Crippen molar-refractivity contribution in [3.05, 3.63) is 35.1 Å². The Labute approximate surface area is 111 Å². The summed E-state index contributed by atoms with van der Waals surface area (Å²) in [4.78, 5) is 0. The number of aliphatic hydroxyl groups excluding tert-OH is 1. The van der Waals surface area contributed by atoms with Gasteiger partial charge in [0.15, 0.2) is 17.5 Å². The van der Waals surface area contributed by atoms with Crippen LogP contribution >= 0.6 is 0 Å². The highest BCUT2D eigenvalue weighted by Crippen LogP contribution is 2.32. The SMILES string of the molecule is OC(CC1CCCCCC1)c1ccc(F)c(F)c1F. The molecule has 0 saturated heterocycles. The Morgan fingerprint density at radius 2 is 1.63 bits per heavy atom. The second-order valence-corrected chi connectivity index (χ2v) is 5.37. The van der Waals surface area contributed by atoms with E-state index in [-0.39, 0.29) is 5.56 Å². The lowest BCUT2D eigenvalue weighted by atomic mass is 9.91. The highest BCUT2D eigenvalue weighted by atomic mass is 19.2. The first-order chi connectivity index (χ1) is 9.09. The van der Waals surface area contributed by atoms with Crippen LogP contribution in [0.15, 0.2) is 12.1 Å². The molecule has 1 nitrogen and oxygen atoms in total. The molecule has 1 saturated carbocycles. The molecular weight excluding hydrogens is 253 g/mol. The van der Waals surface area contributed by atoms with Crippen LogP contribution in [0.5, 0.6) is 0 Å². The van der Waals surface area contributed by atoms with Crippen molar-refractivity contribution in [2.75, 3.05) is 0 Å². The molecule has 0 bridgehead atoms. The fourth-order valence-electron chi connectivity index (χ4n) is 2.84. The second-order valence-electron chi connectivity index (χ2n) is 5.37. The van der Waals surface area contributed by atoms with Crippen molar-refractivity contribution in [1.29, 1.82) is 0 Å². The maximum Gasteiger partial charge on any atom is 0.194 e. The van der Waals surface area contributed by atoms with Gasteiger partial charge in [-0.2, -0.15) is 0 Å². The van der Waals surface area contributed by atoms with Crippen LogP contribution in [-0.2, 0) is 0 Å². The minimum Gasteiger partial charge on any atom is -0.388 e. The Kier molecular flexibility index (Phi) is 4.86. The molecule has 19 heavy (non-hydrogen) atoms. The standard InChI is InChI=1S/C15H19F3O/c16-12-8-7-11(14(17)15(12)18)13(19)9-10-5-3-1-2-4-6-10/h7-8,10,13,19H,1-6,9H2. The van der Waals surface area contributed by atoms with E-state index in [1.165, 1.54) is 12.8 Å². The van der Waals surface area contributed by atoms with E-state index in [0.717, 1.165) is 37.8 Å². The molecule has 1 aromatic rings. The Morgan fingerprint density at radius 3 is 2.26 bits per heavy atom. The molecule has 2 rings (SSSR count). The van der Waals surface area contributed by atoms with Gasteiger partial charge in [-0.25, -0.2) is 13.2 Å². The number of halogens is 3. The first-order valence-corrected chi connectivity index (χ1v) is 6.91. The van der Waals surface area contributed by atoms with Gasteiger partial charge in [0.05, 0.1) is 6.10 Å². The number of benzene rings is 1. The van der Waals surface area contributed by atoms with Crippen LogP contribution < -0.4 is 0 Å². The minimum absolute atomic E-state index is 0.136. The average Bonchev–Trinajstić information content (AvgIpc) is 2.64. The predicted octanol–water partition coefficient (Wildman–Crippen LogP) is 4.50. The molecule has 1 N–H and O–H groups in total. The summed E-state index contributed by atoms with van der Waals surface area (Å²) in [6.45, 7) is 0. The summed E-state index contributed by atoms with van der Waals surface area (Å²) in [5.41, 5.74) is -0.136. The van der Waals surface area contributed by atoms with E-state index in [4.69, 9.17) is 0 Å². The fourth-order valence-corrected chi connectivity index (χ4v) is 2.84. The number of aliphatic hydroxyl groups is 1. The summed E-state index contributed by atoms with van der Waals surface area (Å²) in [6, 6.07) is 2.00. The molecule has 1 fully saturated rings. The lowest BCUT2D eigenvalue weighted by Gasteiger charge is -2.19. The van der Waals surface area contributed by atoms with Crippen molar-refractivity contribution in [1.82, 2.24) is 0 Å². The van der Waals surface area contributed by atoms with Crippen molar-refractivity contribution in [3.8, 4) is 0 Å². The molecule has 1 atom stereocenters. The molecule has 0 amide bonds. The molecule has 1 aromatic carbocycles. The maximum atomic E-state index is 13.6. The molecule has 1 aliphatic rings. The van der Waals surface area contributed by atoms with Crippen molar-refractivity contribution in [3.63, 3.8) is 0 Å².